The zero-order valence-electron chi connectivity index (χ0n) is 47.1. The average Bonchev–Trinajstić information content (AvgIpc) is 3.35. The Morgan fingerprint density at radius 1 is 0.348 bits per heavy atom. The molecular formula is C63H125NO5. The Balaban J connectivity index is 3.38. The maximum atomic E-state index is 12.5. The number of carbonyl (C=O) groups excluding carboxylic acids is 2. The summed E-state index contributed by atoms with van der Waals surface area (Å²) in [5.41, 5.74) is 0. The van der Waals surface area contributed by atoms with E-state index in [2.05, 4.69) is 19.2 Å². The van der Waals surface area contributed by atoms with Crippen LogP contribution in [0.3, 0.4) is 0 Å². The number of aliphatic hydroxyl groups is 2. The third kappa shape index (κ3) is 56.0. The number of unbranched alkanes of at least 4 members (excludes halogenated alkanes) is 49. The highest BCUT2D eigenvalue weighted by Gasteiger charge is 2.20. The molecule has 0 aliphatic rings. The lowest BCUT2D eigenvalue weighted by molar-refractivity contribution is -0.143. The molecule has 0 spiro atoms. The van der Waals surface area contributed by atoms with Crippen molar-refractivity contribution in [1.29, 1.82) is 0 Å². The van der Waals surface area contributed by atoms with Crippen molar-refractivity contribution in [3.63, 3.8) is 0 Å². The molecular weight excluding hydrogens is 851 g/mol. The molecule has 0 aliphatic carbocycles. The van der Waals surface area contributed by atoms with Crippen LogP contribution in [0.5, 0.6) is 0 Å². The summed E-state index contributed by atoms with van der Waals surface area (Å²) in [5.74, 6) is -0.0203. The van der Waals surface area contributed by atoms with Crippen LogP contribution in [-0.2, 0) is 14.3 Å². The van der Waals surface area contributed by atoms with Gasteiger partial charge in [-0.2, -0.15) is 0 Å². The molecule has 3 N–H and O–H groups in total. The molecule has 0 aromatic carbocycles. The van der Waals surface area contributed by atoms with Crippen LogP contribution in [0.15, 0.2) is 0 Å². The van der Waals surface area contributed by atoms with E-state index in [0.29, 0.717) is 25.9 Å². The van der Waals surface area contributed by atoms with E-state index in [1.165, 1.54) is 295 Å². The van der Waals surface area contributed by atoms with Crippen molar-refractivity contribution in [1.82, 2.24) is 5.32 Å². The van der Waals surface area contributed by atoms with E-state index in [1.54, 1.807) is 0 Å². The highest BCUT2D eigenvalue weighted by molar-refractivity contribution is 5.76. The molecule has 2 unspecified atom stereocenters. The summed E-state index contributed by atoms with van der Waals surface area (Å²) in [6, 6.07) is -0.543. The van der Waals surface area contributed by atoms with Crippen molar-refractivity contribution in [2.45, 2.75) is 379 Å². The average molecular weight is 977 g/mol. The highest BCUT2D eigenvalue weighted by atomic mass is 16.5. The fraction of sp³-hybridized carbons (Fsp3) is 0.968. The number of hydrogen-bond acceptors (Lipinski definition) is 5. The topological polar surface area (TPSA) is 95.9 Å². The summed E-state index contributed by atoms with van der Waals surface area (Å²) >= 11 is 0. The number of esters is 1. The minimum Gasteiger partial charge on any atom is -0.466 e. The molecule has 0 aromatic heterocycles. The van der Waals surface area contributed by atoms with Crippen molar-refractivity contribution in [3.8, 4) is 0 Å². The van der Waals surface area contributed by atoms with Gasteiger partial charge in [0.2, 0.25) is 5.91 Å². The van der Waals surface area contributed by atoms with Gasteiger partial charge in [0.15, 0.2) is 0 Å². The van der Waals surface area contributed by atoms with Gasteiger partial charge in [-0.05, 0) is 25.7 Å². The molecule has 2 atom stereocenters. The van der Waals surface area contributed by atoms with Crippen LogP contribution in [0.25, 0.3) is 0 Å². The number of ether oxygens (including phenoxy) is 1. The number of carbonyl (C=O) groups is 2. The van der Waals surface area contributed by atoms with E-state index in [0.717, 1.165) is 38.5 Å². The Bertz CT molecular complexity index is 990. The normalized spacial score (nSPS) is 12.5. The van der Waals surface area contributed by atoms with E-state index in [1.807, 2.05) is 0 Å². The monoisotopic (exact) mass is 976 g/mol. The molecule has 1 amide bonds. The first kappa shape index (κ1) is 67.9. The van der Waals surface area contributed by atoms with Gasteiger partial charge in [-0.1, -0.05) is 328 Å². The predicted molar refractivity (Wildman–Crippen MR) is 301 cm³/mol. The van der Waals surface area contributed by atoms with Crippen molar-refractivity contribution >= 4 is 11.9 Å². The Morgan fingerprint density at radius 3 is 0.884 bits per heavy atom. The summed E-state index contributed by atoms with van der Waals surface area (Å²) in [6.07, 6.45) is 69.7. The fourth-order valence-corrected chi connectivity index (χ4v) is 10.3. The van der Waals surface area contributed by atoms with Gasteiger partial charge >= 0.3 is 5.97 Å². The van der Waals surface area contributed by atoms with E-state index >= 15 is 0 Å². The number of rotatable bonds is 60. The first-order chi connectivity index (χ1) is 34.0. The number of hydrogen-bond donors (Lipinski definition) is 3. The van der Waals surface area contributed by atoms with Crippen molar-refractivity contribution in [3.05, 3.63) is 0 Å². The van der Waals surface area contributed by atoms with Gasteiger partial charge in [0.25, 0.3) is 0 Å². The molecule has 6 heteroatoms. The van der Waals surface area contributed by atoms with Gasteiger partial charge in [0, 0.05) is 12.8 Å². The molecule has 0 aliphatic heterocycles. The van der Waals surface area contributed by atoms with Gasteiger partial charge < -0.3 is 20.3 Å². The van der Waals surface area contributed by atoms with E-state index in [-0.39, 0.29) is 18.5 Å². The van der Waals surface area contributed by atoms with Crippen molar-refractivity contribution in [2.24, 2.45) is 0 Å². The Labute approximate surface area is 432 Å². The molecule has 0 heterocycles. The summed E-state index contributed by atoms with van der Waals surface area (Å²) in [6.45, 7) is 4.99. The lowest BCUT2D eigenvalue weighted by Gasteiger charge is -2.22. The van der Waals surface area contributed by atoms with E-state index < -0.39 is 12.1 Å². The molecule has 0 saturated carbocycles. The van der Waals surface area contributed by atoms with Crippen LogP contribution >= 0.6 is 0 Å². The minimum atomic E-state index is -0.665. The zero-order chi connectivity index (χ0) is 50.0. The van der Waals surface area contributed by atoms with Crippen LogP contribution in [0.4, 0.5) is 0 Å². The molecule has 0 bridgehead atoms. The Hall–Kier alpha value is -1.14. The maximum absolute atomic E-state index is 12.5. The SMILES string of the molecule is CCCCCCCCCCCCCCCCCCCCC(O)C(CO)NC(=O)CCCCCCCCCCCCCCCCCCCCCOC(=O)CCCCCCCCCCCCCCCCC. The van der Waals surface area contributed by atoms with Crippen molar-refractivity contribution in [2.75, 3.05) is 13.2 Å². The minimum absolute atomic E-state index is 0.0133. The Morgan fingerprint density at radius 2 is 0.594 bits per heavy atom. The third-order valence-electron chi connectivity index (χ3n) is 15.2. The molecule has 69 heavy (non-hydrogen) atoms. The van der Waals surface area contributed by atoms with Gasteiger partial charge in [0.05, 0.1) is 25.4 Å². The fourth-order valence-electron chi connectivity index (χ4n) is 10.3. The molecule has 0 fully saturated rings. The summed E-state index contributed by atoms with van der Waals surface area (Å²) in [4.78, 5) is 24.6. The number of amides is 1. The van der Waals surface area contributed by atoms with Crippen LogP contribution in [0.1, 0.15) is 367 Å². The second kappa shape index (κ2) is 59.4. The predicted octanol–water partition coefficient (Wildman–Crippen LogP) is 19.9. The van der Waals surface area contributed by atoms with E-state index in [4.69, 9.17) is 4.74 Å². The Kier molecular flexibility index (Phi) is 58.4. The molecule has 0 aromatic rings. The second-order valence-corrected chi connectivity index (χ2v) is 22.1. The number of nitrogens with one attached hydrogen (secondary N) is 1. The highest BCUT2D eigenvalue weighted by Crippen LogP contribution is 2.19. The quantitative estimate of drug-likeness (QED) is 0.0417. The van der Waals surface area contributed by atoms with Crippen molar-refractivity contribution < 1.29 is 24.5 Å². The zero-order valence-corrected chi connectivity index (χ0v) is 47.1. The standard InChI is InChI=1S/C63H125NO5/c1-3-5-7-9-11-13-15-17-19-20-24-28-31-35-39-43-47-51-55-61(66)60(59-65)64-62(67)56-52-48-44-40-36-32-29-25-22-21-23-26-30-34-38-42-46-50-54-58-69-63(68)57-53-49-45-41-37-33-27-18-16-14-12-10-8-6-4-2/h60-61,65-66H,3-59H2,1-2H3,(H,64,67). The second-order valence-electron chi connectivity index (χ2n) is 22.1. The lowest BCUT2D eigenvalue weighted by atomic mass is 10.0. The first-order valence-electron chi connectivity index (χ1n) is 31.8. The molecule has 0 saturated heterocycles. The van der Waals surface area contributed by atoms with Gasteiger partial charge in [-0.15, -0.1) is 0 Å². The third-order valence-corrected chi connectivity index (χ3v) is 15.2. The van der Waals surface area contributed by atoms with Gasteiger partial charge in [-0.25, -0.2) is 0 Å². The molecule has 0 rings (SSSR count). The van der Waals surface area contributed by atoms with Crippen LogP contribution in [0.2, 0.25) is 0 Å². The van der Waals surface area contributed by atoms with E-state index in [9.17, 15) is 19.8 Å². The van der Waals surface area contributed by atoms with Gasteiger partial charge in [0.1, 0.15) is 0 Å². The molecule has 6 nitrogen and oxygen atoms in total. The largest absolute Gasteiger partial charge is 0.466 e. The summed E-state index contributed by atoms with van der Waals surface area (Å²) < 4.78 is 5.49. The summed E-state index contributed by atoms with van der Waals surface area (Å²) in [5, 5.41) is 23.3. The summed E-state index contributed by atoms with van der Waals surface area (Å²) in [7, 11) is 0. The first-order valence-corrected chi connectivity index (χ1v) is 31.8. The maximum Gasteiger partial charge on any atom is 0.305 e. The molecule has 412 valence electrons. The van der Waals surface area contributed by atoms with Crippen LogP contribution in [0, 0.1) is 0 Å². The number of aliphatic hydroxyl groups excluding tert-OH is 2. The van der Waals surface area contributed by atoms with Crippen LogP contribution in [-0.4, -0.2) is 47.4 Å². The lowest BCUT2D eigenvalue weighted by Crippen LogP contribution is -2.45. The van der Waals surface area contributed by atoms with Gasteiger partial charge in [-0.3, -0.25) is 9.59 Å². The van der Waals surface area contributed by atoms with Crippen LogP contribution < -0.4 is 5.32 Å². The molecule has 0 radical (unpaired) electrons. The smallest absolute Gasteiger partial charge is 0.305 e.